The lowest BCUT2D eigenvalue weighted by Gasteiger charge is -2.30. The molecular weight excluding hydrogens is 449 g/mol. The maximum Gasteiger partial charge on any atom is 0.243 e. The lowest BCUT2D eigenvalue weighted by molar-refractivity contribution is 0.181. The second-order valence-electron chi connectivity index (χ2n) is 6.86. The van der Waals surface area contributed by atoms with E-state index >= 15 is 0 Å². The van der Waals surface area contributed by atoms with Crippen LogP contribution in [0.1, 0.15) is 39.2 Å². The minimum Gasteiger partial charge on any atom is -0.395 e. The largest absolute Gasteiger partial charge is 0.395 e. The molecule has 0 aliphatic heterocycles. The molecule has 0 saturated heterocycles. The molecule has 1 unspecified atom stereocenters. The Labute approximate surface area is 166 Å². The number of aliphatic hydroxyl groups excluding tert-OH is 1. The predicted molar refractivity (Wildman–Crippen MR) is 113 cm³/mol. The van der Waals surface area contributed by atoms with Gasteiger partial charge in [0.1, 0.15) is 0 Å². The van der Waals surface area contributed by atoms with Crippen LogP contribution in [0.5, 0.6) is 0 Å². The van der Waals surface area contributed by atoms with Crippen molar-refractivity contribution in [2.75, 3.05) is 17.6 Å². The van der Waals surface area contributed by atoms with Crippen molar-refractivity contribution >= 4 is 32.6 Å². The highest BCUT2D eigenvalue weighted by molar-refractivity contribution is 14.1. The van der Waals surface area contributed by atoms with Gasteiger partial charge in [-0.25, -0.2) is 8.42 Å². The van der Waals surface area contributed by atoms with Crippen LogP contribution in [0.2, 0.25) is 0 Å². The number of nitrogens with zero attached hydrogens (tertiary/aromatic N) is 1. The smallest absolute Gasteiger partial charge is 0.243 e. The Morgan fingerprint density at radius 1 is 1.28 bits per heavy atom. The molecule has 0 aliphatic carbocycles. The van der Waals surface area contributed by atoms with E-state index in [9.17, 15) is 13.5 Å². The molecule has 0 bridgehead atoms. The third kappa shape index (κ3) is 7.00. The quantitative estimate of drug-likeness (QED) is 0.312. The molecule has 0 spiro atoms. The number of sulfonamides is 1. The molecule has 1 aromatic carbocycles. The van der Waals surface area contributed by atoms with E-state index in [-0.39, 0.29) is 11.5 Å². The third-order valence-electron chi connectivity index (χ3n) is 4.16. The predicted octanol–water partition coefficient (Wildman–Crippen LogP) is 4.16. The van der Waals surface area contributed by atoms with E-state index in [1.165, 1.54) is 4.31 Å². The van der Waals surface area contributed by atoms with Gasteiger partial charge in [-0.2, -0.15) is 4.31 Å². The first kappa shape index (κ1) is 22.6. The van der Waals surface area contributed by atoms with Gasteiger partial charge in [0, 0.05) is 11.0 Å². The van der Waals surface area contributed by atoms with Crippen LogP contribution < -0.4 is 0 Å². The Morgan fingerprint density at radius 2 is 1.88 bits per heavy atom. The molecule has 0 fully saturated rings. The summed E-state index contributed by atoms with van der Waals surface area (Å²) in [6, 6.07) is 6.47. The molecule has 0 saturated carbocycles. The highest BCUT2D eigenvalue weighted by atomic mass is 127. The van der Waals surface area contributed by atoms with E-state index in [1.54, 1.807) is 12.1 Å². The molecular formula is C19H30INO3S. The van der Waals surface area contributed by atoms with Gasteiger partial charge in [-0.1, -0.05) is 65.8 Å². The number of alkyl halides is 1. The summed E-state index contributed by atoms with van der Waals surface area (Å²) >= 11 is 2.26. The van der Waals surface area contributed by atoms with Crippen molar-refractivity contribution in [1.82, 2.24) is 4.31 Å². The van der Waals surface area contributed by atoms with Crippen LogP contribution in [-0.4, -0.2) is 41.5 Å². The normalized spacial score (nSPS) is 14.3. The molecule has 0 amide bonds. The minimum absolute atomic E-state index is 0.185. The molecule has 0 aliphatic rings. The van der Waals surface area contributed by atoms with Gasteiger partial charge >= 0.3 is 0 Å². The highest BCUT2D eigenvalue weighted by Crippen LogP contribution is 2.23. The number of aliphatic hydroxyl groups is 1. The fourth-order valence-electron chi connectivity index (χ4n) is 2.57. The molecule has 6 heteroatoms. The average molecular weight is 479 g/mol. The summed E-state index contributed by atoms with van der Waals surface area (Å²) in [7, 11) is -3.64. The van der Waals surface area contributed by atoms with Crippen LogP contribution in [-0.2, 0) is 10.0 Å². The Bertz CT molecular complexity index is 654. The summed E-state index contributed by atoms with van der Waals surface area (Å²) in [4.78, 5) is 0.288. The maximum atomic E-state index is 13.2. The Kier molecular flexibility index (Phi) is 9.62. The molecule has 1 atom stereocenters. The van der Waals surface area contributed by atoms with Crippen molar-refractivity contribution in [2.24, 2.45) is 5.92 Å². The lowest BCUT2D eigenvalue weighted by Crippen LogP contribution is -2.43. The van der Waals surface area contributed by atoms with Crippen LogP contribution in [0.4, 0.5) is 0 Å². The Morgan fingerprint density at radius 3 is 2.36 bits per heavy atom. The Balaban J connectivity index is 3.20. The number of allylic oxidation sites excluding steroid dienone is 1. The number of hydrogen-bond donors (Lipinski definition) is 1. The number of halogens is 1. The van der Waals surface area contributed by atoms with Gasteiger partial charge in [0.05, 0.1) is 17.5 Å². The molecule has 1 rings (SSSR count). The Hall–Kier alpha value is -0.440. The van der Waals surface area contributed by atoms with E-state index in [2.05, 4.69) is 42.5 Å². The summed E-state index contributed by atoms with van der Waals surface area (Å²) in [6.45, 7) is 8.30. The molecule has 4 nitrogen and oxygen atoms in total. The van der Waals surface area contributed by atoms with Crippen LogP contribution in [0.3, 0.4) is 0 Å². The summed E-state index contributed by atoms with van der Waals surface area (Å²) < 4.78 is 28.7. The summed E-state index contributed by atoms with van der Waals surface area (Å²) in [5.41, 5.74) is 2.12. The standard InChI is InChI=1S/C19H30INO3S/c1-15(2)10-12-21(18(14-22)13-17(4)9-11-20)25(23,24)19-7-5-16(3)6-8-19/h5-9,15,18,22H,10-14H2,1-4H3/b17-9+. The zero-order chi connectivity index (χ0) is 19.0. The van der Waals surface area contributed by atoms with Gasteiger partial charge in [0.25, 0.3) is 0 Å². The van der Waals surface area contributed by atoms with Gasteiger partial charge in [-0.05, 0) is 44.7 Å². The van der Waals surface area contributed by atoms with E-state index in [1.807, 2.05) is 26.0 Å². The zero-order valence-corrected chi connectivity index (χ0v) is 18.5. The second kappa shape index (κ2) is 10.6. The van der Waals surface area contributed by atoms with Crippen LogP contribution in [0, 0.1) is 12.8 Å². The summed E-state index contributed by atoms with van der Waals surface area (Å²) in [6.07, 6.45) is 3.38. The van der Waals surface area contributed by atoms with E-state index in [0.717, 1.165) is 22.0 Å². The monoisotopic (exact) mass is 479 g/mol. The van der Waals surface area contributed by atoms with Crippen molar-refractivity contribution < 1.29 is 13.5 Å². The first-order valence-corrected chi connectivity index (χ1v) is 11.6. The third-order valence-corrected chi connectivity index (χ3v) is 6.56. The fourth-order valence-corrected chi connectivity index (χ4v) is 4.96. The topological polar surface area (TPSA) is 57.6 Å². The average Bonchev–Trinajstić information content (AvgIpc) is 2.54. The molecule has 1 N–H and O–H groups in total. The summed E-state index contributed by atoms with van der Waals surface area (Å²) in [5.74, 6) is 0.390. The number of hydrogen-bond acceptors (Lipinski definition) is 3. The summed E-state index contributed by atoms with van der Waals surface area (Å²) in [5, 5.41) is 9.90. The molecule has 1 aromatic rings. The first-order valence-electron chi connectivity index (χ1n) is 8.63. The number of rotatable bonds is 10. The molecule has 0 radical (unpaired) electrons. The van der Waals surface area contributed by atoms with E-state index < -0.39 is 16.1 Å². The van der Waals surface area contributed by atoms with Crippen molar-refractivity contribution in [3.05, 3.63) is 41.5 Å². The van der Waals surface area contributed by atoms with E-state index in [4.69, 9.17) is 0 Å². The van der Waals surface area contributed by atoms with Crippen LogP contribution in [0.25, 0.3) is 0 Å². The molecule has 0 heterocycles. The highest BCUT2D eigenvalue weighted by Gasteiger charge is 2.31. The van der Waals surface area contributed by atoms with Gasteiger partial charge in [-0.3, -0.25) is 0 Å². The maximum absolute atomic E-state index is 13.2. The van der Waals surface area contributed by atoms with Crippen LogP contribution in [0.15, 0.2) is 40.8 Å². The second-order valence-corrected chi connectivity index (χ2v) is 9.63. The van der Waals surface area contributed by atoms with Crippen molar-refractivity contribution in [1.29, 1.82) is 0 Å². The molecule has 25 heavy (non-hydrogen) atoms. The first-order chi connectivity index (χ1) is 11.7. The van der Waals surface area contributed by atoms with Crippen molar-refractivity contribution in [2.45, 2.75) is 51.5 Å². The molecule has 142 valence electrons. The van der Waals surface area contributed by atoms with Gasteiger partial charge in [-0.15, -0.1) is 0 Å². The number of benzene rings is 1. The van der Waals surface area contributed by atoms with Crippen molar-refractivity contribution in [3.8, 4) is 0 Å². The minimum atomic E-state index is -3.64. The van der Waals surface area contributed by atoms with Gasteiger partial charge < -0.3 is 5.11 Å². The number of aryl methyl sites for hydroxylation is 1. The van der Waals surface area contributed by atoms with Crippen LogP contribution >= 0.6 is 22.6 Å². The fraction of sp³-hybridized carbons (Fsp3) is 0.579. The van der Waals surface area contributed by atoms with Gasteiger partial charge in [0.2, 0.25) is 10.0 Å². The van der Waals surface area contributed by atoms with Gasteiger partial charge in [0.15, 0.2) is 0 Å². The van der Waals surface area contributed by atoms with Crippen molar-refractivity contribution in [3.63, 3.8) is 0 Å². The SMILES string of the molecule is C/C(=C\CI)CC(CO)N(CCC(C)C)S(=O)(=O)c1ccc(C)cc1. The molecule has 0 aromatic heterocycles. The lowest BCUT2D eigenvalue weighted by atomic mass is 10.1. The van der Waals surface area contributed by atoms with E-state index in [0.29, 0.717) is 18.9 Å². The zero-order valence-electron chi connectivity index (χ0n) is 15.6.